The lowest BCUT2D eigenvalue weighted by Crippen LogP contribution is -2.51. The molecule has 5 heteroatoms. The Balaban J connectivity index is 1.97. The predicted molar refractivity (Wildman–Crippen MR) is 80.4 cm³/mol. The minimum absolute atomic E-state index is 0.0321. The number of nitrogens with one attached hydrogen (secondary N) is 1. The summed E-state index contributed by atoms with van der Waals surface area (Å²) in [4.78, 5) is 24.9. The molecule has 1 N–H and O–H groups in total. The van der Waals surface area contributed by atoms with Crippen LogP contribution in [0.2, 0.25) is 0 Å². The third-order valence-electron chi connectivity index (χ3n) is 3.62. The van der Waals surface area contributed by atoms with Crippen LogP contribution in [0.3, 0.4) is 0 Å². The van der Waals surface area contributed by atoms with E-state index in [-0.39, 0.29) is 25.0 Å². The minimum atomic E-state index is -0.154. The molecule has 1 saturated heterocycles. The van der Waals surface area contributed by atoms with Gasteiger partial charge in [0, 0.05) is 13.1 Å². The standard InChI is InChI=1S/C16H22N2O3/c1-11(2)13-5-4-12(3)14(8-13)21-10-16(20)18-7-6-17-15(19)9-18/h4-5,8,11H,6-7,9-10H2,1-3H3,(H,17,19). The first-order valence-corrected chi connectivity index (χ1v) is 7.25. The van der Waals surface area contributed by atoms with E-state index in [0.717, 1.165) is 11.3 Å². The van der Waals surface area contributed by atoms with Gasteiger partial charge in [-0.15, -0.1) is 0 Å². The van der Waals surface area contributed by atoms with Gasteiger partial charge < -0.3 is 15.0 Å². The topological polar surface area (TPSA) is 58.6 Å². The number of piperazine rings is 1. The molecular formula is C16H22N2O3. The maximum Gasteiger partial charge on any atom is 0.261 e. The van der Waals surface area contributed by atoms with Crippen molar-refractivity contribution in [3.05, 3.63) is 29.3 Å². The number of rotatable bonds is 4. The SMILES string of the molecule is Cc1ccc(C(C)C)cc1OCC(=O)N1CCNC(=O)C1. The molecule has 1 aromatic carbocycles. The average molecular weight is 290 g/mol. The summed E-state index contributed by atoms with van der Waals surface area (Å²) < 4.78 is 5.65. The highest BCUT2D eigenvalue weighted by Crippen LogP contribution is 2.24. The summed E-state index contributed by atoms with van der Waals surface area (Å²) in [6.45, 7) is 7.32. The van der Waals surface area contributed by atoms with Gasteiger partial charge in [-0.25, -0.2) is 0 Å². The van der Waals surface area contributed by atoms with Gasteiger partial charge in [0.1, 0.15) is 5.75 Å². The first-order valence-electron chi connectivity index (χ1n) is 7.25. The molecule has 114 valence electrons. The number of hydrogen-bond acceptors (Lipinski definition) is 3. The number of carbonyl (C=O) groups is 2. The molecule has 2 amide bonds. The molecule has 2 rings (SSSR count). The van der Waals surface area contributed by atoms with E-state index in [0.29, 0.717) is 19.0 Å². The van der Waals surface area contributed by atoms with Gasteiger partial charge in [0.05, 0.1) is 6.54 Å². The smallest absolute Gasteiger partial charge is 0.261 e. The second kappa shape index (κ2) is 6.61. The molecule has 21 heavy (non-hydrogen) atoms. The third kappa shape index (κ3) is 3.97. The van der Waals surface area contributed by atoms with Crippen molar-refractivity contribution < 1.29 is 14.3 Å². The highest BCUT2D eigenvalue weighted by Gasteiger charge is 2.21. The van der Waals surface area contributed by atoms with Crippen LogP contribution in [0.25, 0.3) is 0 Å². The molecule has 1 aliphatic rings. The van der Waals surface area contributed by atoms with Crippen molar-refractivity contribution >= 4 is 11.8 Å². The van der Waals surface area contributed by atoms with Crippen molar-refractivity contribution in [3.63, 3.8) is 0 Å². The Bertz CT molecular complexity index is 540. The number of aryl methyl sites for hydroxylation is 1. The largest absolute Gasteiger partial charge is 0.483 e. The molecule has 0 aromatic heterocycles. The van der Waals surface area contributed by atoms with Crippen molar-refractivity contribution in [1.29, 1.82) is 0 Å². The maximum absolute atomic E-state index is 12.1. The highest BCUT2D eigenvalue weighted by molar-refractivity contribution is 5.86. The molecule has 5 nitrogen and oxygen atoms in total. The average Bonchev–Trinajstić information content (AvgIpc) is 2.45. The number of ether oxygens (including phenoxy) is 1. The summed E-state index contributed by atoms with van der Waals surface area (Å²) in [5, 5.41) is 2.70. The summed E-state index contributed by atoms with van der Waals surface area (Å²) in [5.74, 6) is 0.872. The molecule has 0 bridgehead atoms. The van der Waals surface area contributed by atoms with E-state index >= 15 is 0 Å². The van der Waals surface area contributed by atoms with Crippen LogP contribution in [0.4, 0.5) is 0 Å². The first kappa shape index (κ1) is 15.4. The van der Waals surface area contributed by atoms with E-state index in [1.165, 1.54) is 10.5 Å². The van der Waals surface area contributed by atoms with Crippen molar-refractivity contribution in [2.75, 3.05) is 26.2 Å². The molecule has 1 aliphatic heterocycles. The number of amides is 2. The van der Waals surface area contributed by atoms with Crippen LogP contribution >= 0.6 is 0 Å². The van der Waals surface area contributed by atoms with Gasteiger partial charge in [-0.1, -0.05) is 26.0 Å². The van der Waals surface area contributed by atoms with E-state index in [1.807, 2.05) is 19.1 Å². The molecule has 0 saturated carbocycles. The number of benzene rings is 1. The Morgan fingerprint density at radius 1 is 1.43 bits per heavy atom. The number of nitrogens with zero attached hydrogens (tertiary/aromatic N) is 1. The van der Waals surface area contributed by atoms with Crippen molar-refractivity contribution in [2.45, 2.75) is 26.7 Å². The molecule has 0 aliphatic carbocycles. The lowest BCUT2D eigenvalue weighted by atomic mass is 10.0. The van der Waals surface area contributed by atoms with Gasteiger partial charge in [-0.3, -0.25) is 9.59 Å². The van der Waals surface area contributed by atoms with E-state index in [2.05, 4.69) is 25.2 Å². The first-order chi connectivity index (χ1) is 9.97. The van der Waals surface area contributed by atoms with Crippen molar-refractivity contribution in [1.82, 2.24) is 10.2 Å². The van der Waals surface area contributed by atoms with Crippen LogP contribution in [0, 0.1) is 6.92 Å². The zero-order valence-electron chi connectivity index (χ0n) is 12.8. The minimum Gasteiger partial charge on any atom is -0.483 e. The van der Waals surface area contributed by atoms with Crippen LogP contribution in [-0.2, 0) is 9.59 Å². The fourth-order valence-electron chi connectivity index (χ4n) is 2.21. The van der Waals surface area contributed by atoms with E-state index in [9.17, 15) is 9.59 Å². The van der Waals surface area contributed by atoms with Crippen LogP contribution in [-0.4, -0.2) is 43.0 Å². The van der Waals surface area contributed by atoms with Crippen LogP contribution in [0.5, 0.6) is 5.75 Å². The molecule has 0 spiro atoms. The summed E-state index contributed by atoms with van der Waals surface area (Å²) in [5.41, 5.74) is 2.18. The summed E-state index contributed by atoms with van der Waals surface area (Å²) in [6, 6.07) is 6.06. The van der Waals surface area contributed by atoms with E-state index < -0.39 is 0 Å². The van der Waals surface area contributed by atoms with Crippen molar-refractivity contribution in [2.24, 2.45) is 0 Å². The van der Waals surface area contributed by atoms with Gasteiger partial charge in [-0.05, 0) is 30.0 Å². The Kier molecular flexibility index (Phi) is 4.83. The maximum atomic E-state index is 12.1. The Labute approximate surface area is 125 Å². The summed E-state index contributed by atoms with van der Waals surface area (Å²) in [7, 11) is 0. The van der Waals surface area contributed by atoms with Gasteiger partial charge in [-0.2, -0.15) is 0 Å². The van der Waals surface area contributed by atoms with Crippen molar-refractivity contribution in [3.8, 4) is 5.75 Å². The lowest BCUT2D eigenvalue weighted by Gasteiger charge is -2.26. The third-order valence-corrected chi connectivity index (χ3v) is 3.62. The fraction of sp³-hybridized carbons (Fsp3) is 0.500. The second-order valence-corrected chi connectivity index (χ2v) is 5.63. The molecule has 0 radical (unpaired) electrons. The predicted octanol–water partition coefficient (Wildman–Crippen LogP) is 1.46. The molecule has 1 fully saturated rings. The van der Waals surface area contributed by atoms with Gasteiger partial charge in [0.15, 0.2) is 6.61 Å². The monoisotopic (exact) mass is 290 g/mol. The quantitative estimate of drug-likeness (QED) is 0.913. The van der Waals surface area contributed by atoms with Crippen LogP contribution < -0.4 is 10.1 Å². The second-order valence-electron chi connectivity index (χ2n) is 5.63. The number of carbonyl (C=O) groups excluding carboxylic acids is 2. The van der Waals surface area contributed by atoms with Crippen LogP contribution in [0.1, 0.15) is 30.9 Å². The van der Waals surface area contributed by atoms with E-state index in [1.54, 1.807) is 0 Å². The lowest BCUT2D eigenvalue weighted by molar-refractivity contribution is -0.139. The fourth-order valence-corrected chi connectivity index (χ4v) is 2.21. The Hall–Kier alpha value is -2.04. The van der Waals surface area contributed by atoms with Gasteiger partial charge >= 0.3 is 0 Å². The zero-order valence-corrected chi connectivity index (χ0v) is 12.8. The summed E-state index contributed by atoms with van der Waals surface area (Å²) >= 11 is 0. The normalized spacial score (nSPS) is 15.0. The van der Waals surface area contributed by atoms with E-state index in [4.69, 9.17) is 4.74 Å². The van der Waals surface area contributed by atoms with Gasteiger partial charge in [0.25, 0.3) is 5.91 Å². The molecule has 0 unspecified atom stereocenters. The van der Waals surface area contributed by atoms with Crippen LogP contribution in [0.15, 0.2) is 18.2 Å². The Morgan fingerprint density at radius 2 is 2.19 bits per heavy atom. The highest BCUT2D eigenvalue weighted by atomic mass is 16.5. The summed E-state index contributed by atoms with van der Waals surface area (Å²) in [6.07, 6.45) is 0. The Morgan fingerprint density at radius 3 is 2.86 bits per heavy atom. The molecule has 1 heterocycles. The van der Waals surface area contributed by atoms with Gasteiger partial charge in [0.2, 0.25) is 5.91 Å². The number of hydrogen-bond donors (Lipinski definition) is 1. The zero-order chi connectivity index (χ0) is 15.4. The molecule has 0 atom stereocenters. The molecular weight excluding hydrogens is 268 g/mol. The molecule has 1 aromatic rings.